The molecular formula is C12H18BrNO2. The first-order chi connectivity index (χ1) is 7.16. The maximum Gasteiger partial charge on any atom is 0.157 e. The number of likely N-dealkylation sites (tertiary alicyclic amines) is 1. The number of phenols is 2. The van der Waals surface area contributed by atoms with Gasteiger partial charge in [0, 0.05) is 6.54 Å². The Kier molecular flexibility index (Phi) is 4.62. The number of benzene rings is 1. The second-order valence-electron chi connectivity index (χ2n) is 4.35. The molecule has 3 nitrogen and oxygen atoms in total. The maximum absolute atomic E-state index is 9.43. The zero-order chi connectivity index (χ0) is 10.8. The van der Waals surface area contributed by atoms with Crippen LogP contribution in [-0.4, -0.2) is 35.3 Å². The first-order valence-electron chi connectivity index (χ1n) is 5.37. The maximum atomic E-state index is 9.43. The number of halogens is 1. The van der Waals surface area contributed by atoms with Gasteiger partial charge in [0.05, 0.1) is 0 Å². The summed E-state index contributed by atoms with van der Waals surface area (Å²) in [5, 5.41) is 18.7. The average molecular weight is 288 g/mol. The van der Waals surface area contributed by atoms with Crippen molar-refractivity contribution in [3.05, 3.63) is 23.8 Å². The number of hydrogen-bond acceptors (Lipinski definition) is 3. The van der Waals surface area contributed by atoms with E-state index in [9.17, 15) is 10.2 Å². The Morgan fingerprint density at radius 2 is 2.00 bits per heavy atom. The molecule has 1 fully saturated rings. The Bertz CT molecular complexity index is 357. The molecule has 16 heavy (non-hydrogen) atoms. The lowest BCUT2D eigenvalue weighted by Gasteiger charge is -2.30. The van der Waals surface area contributed by atoms with E-state index in [1.54, 1.807) is 12.1 Å². The van der Waals surface area contributed by atoms with Crippen LogP contribution in [0.15, 0.2) is 18.2 Å². The summed E-state index contributed by atoms with van der Waals surface area (Å²) in [5.41, 5.74) is 1.12. The fraction of sp³-hybridized carbons (Fsp3) is 0.500. The van der Waals surface area contributed by atoms with Gasteiger partial charge < -0.3 is 15.1 Å². The van der Waals surface area contributed by atoms with E-state index in [4.69, 9.17) is 0 Å². The number of piperidine rings is 1. The van der Waals surface area contributed by atoms with Crippen LogP contribution < -0.4 is 0 Å². The van der Waals surface area contributed by atoms with Crippen molar-refractivity contribution in [3.8, 4) is 11.5 Å². The van der Waals surface area contributed by atoms with Gasteiger partial charge in [0.2, 0.25) is 0 Å². The second-order valence-corrected chi connectivity index (χ2v) is 4.35. The van der Waals surface area contributed by atoms with Crippen molar-refractivity contribution in [2.24, 2.45) is 0 Å². The topological polar surface area (TPSA) is 43.7 Å². The average Bonchev–Trinajstić information content (AvgIpc) is 2.22. The highest BCUT2D eigenvalue weighted by molar-refractivity contribution is 8.93. The van der Waals surface area contributed by atoms with E-state index in [-0.39, 0.29) is 28.5 Å². The standard InChI is InChI=1S/C12H17NO2.BrH/c1-13-6-2-3-10(8-13)9-4-5-11(14)12(15)7-9;/h4-5,7,10,14-15H,2-3,6,8H2,1H3;1H. The summed E-state index contributed by atoms with van der Waals surface area (Å²) in [4.78, 5) is 2.30. The van der Waals surface area contributed by atoms with Gasteiger partial charge in [0.1, 0.15) is 0 Å². The number of nitrogens with zero attached hydrogens (tertiary/aromatic N) is 1. The Balaban J connectivity index is 0.00000128. The molecule has 1 unspecified atom stereocenters. The van der Waals surface area contributed by atoms with Crippen molar-refractivity contribution in [1.82, 2.24) is 4.90 Å². The van der Waals surface area contributed by atoms with Gasteiger partial charge >= 0.3 is 0 Å². The third-order valence-corrected chi connectivity index (χ3v) is 3.10. The smallest absolute Gasteiger partial charge is 0.157 e. The van der Waals surface area contributed by atoms with Crippen LogP contribution in [-0.2, 0) is 0 Å². The number of aromatic hydroxyl groups is 2. The molecule has 1 aromatic carbocycles. The third kappa shape index (κ3) is 2.89. The summed E-state index contributed by atoms with van der Waals surface area (Å²) in [7, 11) is 2.12. The van der Waals surface area contributed by atoms with Crippen molar-refractivity contribution < 1.29 is 10.2 Å². The molecule has 1 atom stereocenters. The summed E-state index contributed by atoms with van der Waals surface area (Å²) in [6.07, 6.45) is 2.36. The lowest BCUT2D eigenvalue weighted by Crippen LogP contribution is -2.30. The minimum atomic E-state index is -0.0390. The van der Waals surface area contributed by atoms with E-state index < -0.39 is 0 Å². The first kappa shape index (κ1) is 13.3. The van der Waals surface area contributed by atoms with Crippen LogP contribution in [0.2, 0.25) is 0 Å². The summed E-state index contributed by atoms with van der Waals surface area (Å²) in [5.74, 6) is 0.430. The van der Waals surface area contributed by atoms with Crippen molar-refractivity contribution in [2.45, 2.75) is 18.8 Å². The molecule has 1 heterocycles. The van der Waals surface area contributed by atoms with Crippen LogP contribution in [0, 0.1) is 0 Å². The highest BCUT2D eigenvalue weighted by Crippen LogP contribution is 2.32. The van der Waals surface area contributed by atoms with E-state index in [0.29, 0.717) is 5.92 Å². The molecule has 0 spiro atoms. The Morgan fingerprint density at radius 3 is 2.62 bits per heavy atom. The molecule has 1 aromatic rings. The predicted molar refractivity (Wildman–Crippen MR) is 69.6 cm³/mol. The molecular weight excluding hydrogens is 270 g/mol. The molecule has 1 saturated heterocycles. The monoisotopic (exact) mass is 287 g/mol. The van der Waals surface area contributed by atoms with Crippen LogP contribution >= 0.6 is 17.0 Å². The normalized spacial score (nSPS) is 21.4. The van der Waals surface area contributed by atoms with Crippen molar-refractivity contribution in [1.29, 1.82) is 0 Å². The van der Waals surface area contributed by atoms with Gasteiger partial charge in [0.15, 0.2) is 11.5 Å². The second kappa shape index (κ2) is 5.55. The van der Waals surface area contributed by atoms with Gasteiger partial charge in [-0.25, -0.2) is 0 Å². The Hall–Kier alpha value is -0.740. The van der Waals surface area contributed by atoms with Crippen molar-refractivity contribution in [2.75, 3.05) is 20.1 Å². The summed E-state index contributed by atoms with van der Waals surface area (Å²) >= 11 is 0. The fourth-order valence-electron chi connectivity index (χ4n) is 2.23. The molecule has 0 saturated carbocycles. The Morgan fingerprint density at radius 1 is 1.25 bits per heavy atom. The molecule has 4 heteroatoms. The van der Waals surface area contributed by atoms with Gasteiger partial charge in [-0.1, -0.05) is 6.07 Å². The molecule has 0 radical (unpaired) electrons. The van der Waals surface area contributed by atoms with E-state index in [2.05, 4.69) is 11.9 Å². The van der Waals surface area contributed by atoms with Crippen molar-refractivity contribution >= 4 is 17.0 Å². The minimum absolute atomic E-state index is 0. The number of phenolic OH excluding ortho intramolecular Hbond substituents is 2. The van der Waals surface area contributed by atoms with E-state index >= 15 is 0 Å². The molecule has 2 N–H and O–H groups in total. The van der Waals surface area contributed by atoms with E-state index in [1.165, 1.54) is 6.42 Å². The molecule has 0 amide bonds. The largest absolute Gasteiger partial charge is 0.504 e. The quantitative estimate of drug-likeness (QED) is 0.780. The lowest BCUT2D eigenvalue weighted by molar-refractivity contribution is 0.250. The Labute approximate surface area is 106 Å². The van der Waals surface area contributed by atoms with Crippen LogP contribution in [0.3, 0.4) is 0 Å². The van der Waals surface area contributed by atoms with Crippen LogP contribution in [0.4, 0.5) is 0 Å². The van der Waals surface area contributed by atoms with E-state index in [0.717, 1.165) is 25.1 Å². The highest BCUT2D eigenvalue weighted by atomic mass is 79.9. The van der Waals surface area contributed by atoms with Gasteiger partial charge in [0.25, 0.3) is 0 Å². The van der Waals surface area contributed by atoms with Crippen LogP contribution in [0.1, 0.15) is 24.3 Å². The molecule has 2 rings (SSSR count). The molecule has 1 aliphatic rings. The third-order valence-electron chi connectivity index (χ3n) is 3.10. The molecule has 90 valence electrons. The zero-order valence-electron chi connectivity index (χ0n) is 9.39. The number of likely N-dealkylation sites (N-methyl/N-ethyl adjacent to an activating group) is 1. The van der Waals surface area contributed by atoms with Gasteiger partial charge in [-0.15, -0.1) is 17.0 Å². The molecule has 1 aliphatic heterocycles. The fourth-order valence-corrected chi connectivity index (χ4v) is 2.23. The lowest BCUT2D eigenvalue weighted by atomic mass is 9.91. The summed E-state index contributed by atoms with van der Waals surface area (Å²) < 4.78 is 0. The van der Waals surface area contributed by atoms with Crippen LogP contribution in [0.25, 0.3) is 0 Å². The van der Waals surface area contributed by atoms with E-state index in [1.807, 2.05) is 6.07 Å². The summed E-state index contributed by atoms with van der Waals surface area (Å²) in [6, 6.07) is 5.15. The SMILES string of the molecule is Br.CN1CCCC(c2ccc(O)c(O)c2)C1. The predicted octanol–water partition coefficient (Wildman–Crippen LogP) is 2.48. The molecule has 0 aliphatic carbocycles. The first-order valence-corrected chi connectivity index (χ1v) is 5.37. The van der Waals surface area contributed by atoms with Crippen molar-refractivity contribution in [3.63, 3.8) is 0 Å². The summed E-state index contributed by atoms with van der Waals surface area (Å²) in [6.45, 7) is 2.19. The van der Waals surface area contributed by atoms with Gasteiger partial charge in [-0.2, -0.15) is 0 Å². The number of hydrogen-bond donors (Lipinski definition) is 2. The highest BCUT2D eigenvalue weighted by Gasteiger charge is 2.19. The zero-order valence-corrected chi connectivity index (χ0v) is 11.1. The van der Waals surface area contributed by atoms with Gasteiger partial charge in [-0.3, -0.25) is 0 Å². The van der Waals surface area contributed by atoms with Crippen LogP contribution in [0.5, 0.6) is 11.5 Å². The minimum Gasteiger partial charge on any atom is -0.504 e. The van der Waals surface area contributed by atoms with Gasteiger partial charge in [-0.05, 0) is 50.0 Å². The number of rotatable bonds is 1. The molecule has 0 bridgehead atoms. The molecule has 0 aromatic heterocycles.